The summed E-state index contributed by atoms with van der Waals surface area (Å²) in [6, 6.07) is 10.8. The summed E-state index contributed by atoms with van der Waals surface area (Å²) in [6.07, 6.45) is 2.14. The van der Waals surface area contributed by atoms with Crippen molar-refractivity contribution in [1.82, 2.24) is 5.32 Å². The van der Waals surface area contributed by atoms with Crippen LogP contribution in [0.5, 0.6) is 0 Å². The molecule has 0 aliphatic carbocycles. The minimum atomic E-state index is -3.73. The maximum atomic E-state index is 12.7. The largest absolute Gasteiger partial charge is 0.348 e. The van der Waals surface area contributed by atoms with Crippen molar-refractivity contribution >= 4 is 43.1 Å². The fourth-order valence-corrected chi connectivity index (χ4v) is 4.75. The molecule has 29 heavy (non-hydrogen) atoms. The minimum absolute atomic E-state index is 0.180. The summed E-state index contributed by atoms with van der Waals surface area (Å²) in [5, 5.41) is 3.22. The third-order valence-corrected chi connectivity index (χ3v) is 6.96. The molecular weight excluding hydrogens is 436 g/mol. The molecule has 10 heteroatoms. The predicted molar refractivity (Wildman–Crippen MR) is 114 cm³/mol. The molecule has 2 rings (SSSR count). The summed E-state index contributed by atoms with van der Waals surface area (Å²) >= 11 is 5.86. The van der Waals surface area contributed by atoms with Crippen molar-refractivity contribution < 1.29 is 21.6 Å². The van der Waals surface area contributed by atoms with Crippen LogP contribution in [-0.4, -0.2) is 41.3 Å². The highest BCUT2D eigenvalue weighted by Crippen LogP contribution is 2.24. The molecule has 0 fully saturated rings. The van der Waals surface area contributed by atoms with Gasteiger partial charge < -0.3 is 5.32 Å². The monoisotopic (exact) mass is 458 g/mol. The van der Waals surface area contributed by atoms with E-state index in [9.17, 15) is 21.6 Å². The van der Waals surface area contributed by atoms with Crippen LogP contribution in [0.3, 0.4) is 0 Å². The molecule has 0 spiro atoms. The van der Waals surface area contributed by atoms with Crippen LogP contribution in [0.2, 0.25) is 5.02 Å². The number of nitrogens with zero attached hydrogens (tertiary/aromatic N) is 1. The molecule has 0 bridgehead atoms. The van der Waals surface area contributed by atoms with Gasteiger partial charge in [-0.05, 0) is 55.8 Å². The SMILES string of the molecule is CC(NC(=O)C(C)N(c1ccc(Cl)cc1)S(C)(=O)=O)c1ccc(S(C)(=O)=O)cc1. The van der Waals surface area contributed by atoms with Gasteiger partial charge in [0.05, 0.1) is 22.9 Å². The zero-order chi connectivity index (χ0) is 22.0. The molecule has 0 saturated heterocycles. The molecule has 1 N–H and O–H groups in total. The standard InChI is InChI=1S/C19H23ClN2O5S2/c1-13(15-5-11-18(12-6-15)28(3,24)25)21-19(23)14(2)22(29(4,26)27)17-9-7-16(20)8-10-17/h5-14H,1-4H3,(H,21,23). The second-order valence-electron chi connectivity index (χ2n) is 6.78. The maximum absolute atomic E-state index is 12.7. The Kier molecular flexibility index (Phi) is 6.97. The van der Waals surface area contributed by atoms with Gasteiger partial charge in [0.25, 0.3) is 0 Å². The topological polar surface area (TPSA) is 101 Å². The van der Waals surface area contributed by atoms with E-state index in [1.54, 1.807) is 31.2 Å². The number of sulfonamides is 1. The molecule has 0 radical (unpaired) electrons. The zero-order valence-electron chi connectivity index (χ0n) is 16.5. The Morgan fingerprint density at radius 1 is 0.931 bits per heavy atom. The van der Waals surface area contributed by atoms with Crippen molar-refractivity contribution in [3.8, 4) is 0 Å². The van der Waals surface area contributed by atoms with Crippen LogP contribution in [0, 0.1) is 0 Å². The second-order valence-corrected chi connectivity index (χ2v) is 11.1. The van der Waals surface area contributed by atoms with E-state index >= 15 is 0 Å². The first kappa shape index (κ1) is 23.2. The molecule has 2 aromatic rings. The van der Waals surface area contributed by atoms with E-state index in [2.05, 4.69) is 5.32 Å². The Morgan fingerprint density at radius 3 is 1.90 bits per heavy atom. The number of amides is 1. The summed E-state index contributed by atoms with van der Waals surface area (Å²) in [6.45, 7) is 3.22. The minimum Gasteiger partial charge on any atom is -0.348 e. The van der Waals surface area contributed by atoms with Crippen LogP contribution >= 0.6 is 11.6 Å². The van der Waals surface area contributed by atoms with Crippen molar-refractivity contribution in [2.45, 2.75) is 30.8 Å². The van der Waals surface area contributed by atoms with E-state index in [1.807, 2.05) is 0 Å². The number of carbonyl (C=O) groups is 1. The van der Waals surface area contributed by atoms with E-state index in [0.717, 1.165) is 16.8 Å². The second kappa shape index (κ2) is 8.73. The van der Waals surface area contributed by atoms with E-state index < -0.39 is 37.9 Å². The fraction of sp³-hybridized carbons (Fsp3) is 0.316. The maximum Gasteiger partial charge on any atom is 0.244 e. The van der Waals surface area contributed by atoms with Crippen molar-refractivity contribution in [1.29, 1.82) is 0 Å². The number of anilines is 1. The van der Waals surface area contributed by atoms with Crippen molar-refractivity contribution in [2.24, 2.45) is 0 Å². The van der Waals surface area contributed by atoms with Crippen LogP contribution < -0.4 is 9.62 Å². The fourth-order valence-electron chi connectivity index (χ4n) is 2.82. The quantitative estimate of drug-likeness (QED) is 0.687. The van der Waals surface area contributed by atoms with E-state index in [4.69, 9.17) is 11.6 Å². The Bertz CT molecular complexity index is 1080. The van der Waals surface area contributed by atoms with Gasteiger partial charge in [-0.3, -0.25) is 9.10 Å². The highest BCUT2D eigenvalue weighted by molar-refractivity contribution is 7.92. The third-order valence-electron chi connectivity index (χ3n) is 4.34. The Morgan fingerprint density at radius 2 is 1.45 bits per heavy atom. The van der Waals surface area contributed by atoms with Crippen LogP contribution in [0.25, 0.3) is 0 Å². The van der Waals surface area contributed by atoms with Gasteiger partial charge in [-0.25, -0.2) is 16.8 Å². The summed E-state index contributed by atoms with van der Waals surface area (Å²) in [4.78, 5) is 12.9. The first-order chi connectivity index (χ1) is 13.3. The average molecular weight is 459 g/mol. The lowest BCUT2D eigenvalue weighted by atomic mass is 10.1. The molecule has 2 atom stereocenters. The molecule has 1 amide bonds. The Labute approximate surface area is 176 Å². The van der Waals surface area contributed by atoms with Crippen LogP contribution in [0.1, 0.15) is 25.5 Å². The highest BCUT2D eigenvalue weighted by atomic mass is 35.5. The molecule has 7 nitrogen and oxygen atoms in total. The lowest BCUT2D eigenvalue weighted by Gasteiger charge is -2.29. The number of rotatable bonds is 7. The Balaban J connectivity index is 2.22. The molecule has 2 unspecified atom stereocenters. The van der Waals surface area contributed by atoms with Crippen LogP contribution in [-0.2, 0) is 24.7 Å². The normalized spacial score (nSPS) is 14.1. The molecule has 158 valence electrons. The lowest BCUT2D eigenvalue weighted by molar-refractivity contribution is -0.122. The van der Waals surface area contributed by atoms with Crippen molar-refractivity contribution in [2.75, 3.05) is 16.8 Å². The molecule has 2 aromatic carbocycles. The van der Waals surface area contributed by atoms with Gasteiger partial charge in [-0.2, -0.15) is 0 Å². The van der Waals surface area contributed by atoms with Crippen LogP contribution in [0.15, 0.2) is 53.4 Å². The molecule has 0 aliphatic heterocycles. The highest BCUT2D eigenvalue weighted by Gasteiger charge is 2.29. The third kappa shape index (κ3) is 5.94. The van der Waals surface area contributed by atoms with Gasteiger partial charge in [0.1, 0.15) is 6.04 Å². The average Bonchev–Trinajstić information content (AvgIpc) is 2.61. The van der Waals surface area contributed by atoms with Gasteiger partial charge >= 0.3 is 0 Å². The summed E-state index contributed by atoms with van der Waals surface area (Å²) < 4.78 is 48.8. The number of benzene rings is 2. The number of nitrogens with one attached hydrogen (secondary N) is 1. The van der Waals surface area contributed by atoms with Gasteiger partial charge in [0, 0.05) is 11.3 Å². The van der Waals surface area contributed by atoms with Crippen LogP contribution in [0.4, 0.5) is 5.69 Å². The van der Waals surface area contributed by atoms with E-state index in [-0.39, 0.29) is 4.90 Å². The summed E-state index contributed by atoms with van der Waals surface area (Å²) in [5.74, 6) is -0.495. The van der Waals surface area contributed by atoms with Gasteiger partial charge in [-0.1, -0.05) is 23.7 Å². The Hall–Kier alpha value is -2.10. The van der Waals surface area contributed by atoms with E-state index in [1.165, 1.54) is 31.2 Å². The first-order valence-electron chi connectivity index (χ1n) is 8.66. The van der Waals surface area contributed by atoms with Gasteiger partial charge in [-0.15, -0.1) is 0 Å². The number of sulfone groups is 1. The summed E-state index contributed by atoms with van der Waals surface area (Å²) in [5.41, 5.74) is 1.01. The number of halogens is 1. The molecule has 0 aromatic heterocycles. The zero-order valence-corrected chi connectivity index (χ0v) is 18.8. The van der Waals surface area contributed by atoms with E-state index in [0.29, 0.717) is 16.3 Å². The number of hydrogen-bond acceptors (Lipinski definition) is 5. The molecule has 0 heterocycles. The first-order valence-corrected chi connectivity index (χ1v) is 12.8. The van der Waals surface area contributed by atoms with Gasteiger partial charge in [0.2, 0.25) is 15.9 Å². The molecule has 0 aliphatic rings. The summed E-state index contributed by atoms with van der Waals surface area (Å²) in [7, 11) is -7.05. The number of hydrogen-bond donors (Lipinski definition) is 1. The lowest BCUT2D eigenvalue weighted by Crippen LogP contribution is -2.48. The molecule has 0 saturated carbocycles. The predicted octanol–water partition coefficient (Wildman–Crippen LogP) is 2.78. The molecular formula is C19H23ClN2O5S2. The smallest absolute Gasteiger partial charge is 0.244 e. The van der Waals surface area contributed by atoms with Gasteiger partial charge in [0.15, 0.2) is 9.84 Å². The number of carbonyl (C=O) groups excluding carboxylic acids is 1. The van der Waals surface area contributed by atoms with Crippen molar-refractivity contribution in [3.05, 3.63) is 59.1 Å². The van der Waals surface area contributed by atoms with Crippen molar-refractivity contribution in [3.63, 3.8) is 0 Å².